The van der Waals surface area contributed by atoms with Gasteiger partial charge in [0.1, 0.15) is 0 Å². The van der Waals surface area contributed by atoms with Crippen LogP contribution in [-0.2, 0) is 10.0 Å². The van der Waals surface area contributed by atoms with Crippen molar-refractivity contribution in [1.82, 2.24) is 9.62 Å². The van der Waals surface area contributed by atoms with Gasteiger partial charge in [-0.25, -0.2) is 12.7 Å². The Morgan fingerprint density at radius 2 is 1.79 bits per heavy atom. The largest absolute Gasteiger partial charge is 0.313 e. The van der Waals surface area contributed by atoms with Crippen molar-refractivity contribution in [3.05, 3.63) is 0 Å². The molecule has 4 nitrogen and oxygen atoms in total. The normalized spacial score (nSPS) is 27.8. The molecule has 1 atom stereocenters. The predicted octanol–water partition coefficient (Wildman–Crippen LogP) is 1.83. The van der Waals surface area contributed by atoms with Crippen molar-refractivity contribution < 1.29 is 8.42 Å². The molecule has 0 amide bonds. The van der Waals surface area contributed by atoms with E-state index < -0.39 is 10.0 Å². The molecule has 5 heteroatoms. The maximum atomic E-state index is 12.4. The molecule has 112 valence electrons. The van der Waals surface area contributed by atoms with E-state index in [1.54, 1.807) is 4.31 Å². The summed E-state index contributed by atoms with van der Waals surface area (Å²) in [4.78, 5) is 0. The van der Waals surface area contributed by atoms with Crippen molar-refractivity contribution in [3.63, 3.8) is 0 Å². The van der Waals surface area contributed by atoms with E-state index in [0.29, 0.717) is 24.4 Å². The molecule has 1 N–H and O–H groups in total. The zero-order valence-corrected chi connectivity index (χ0v) is 13.3. The zero-order valence-electron chi connectivity index (χ0n) is 12.5. The van der Waals surface area contributed by atoms with Gasteiger partial charge in [0.25, 0.3) is 0 Å². The fourth-order valence-corrected chi connectivity index (χ4v) is 5.03. The third-order valence-corrected chi connectivity index (χ3v) is 6.62. The smallest absolute Gasteiger partial charge is 0.215 e. The highest BCUT2D eigenvalue weighted by molar-refractivity contribution is 7.89. The molecule has 2 fully saturated rings. The van der Waals surface area contributed by atoms with Crippen molar-refractivity contribution in [2.75, 3.05) is 25.4 Å². The second kappa shape index (κ2) is 5.70. The van der Waals surface area contributed by atoms with Crippen LogP contribution >= 0.6 is 0 Å². The zero-order chi connectivity index (χ0) is 14.1. The SMILES string of the molecule is CC(C)(C)C1CCN(S(=O)(=O)CC2CCCN2)CC1. The molecular weight excluding hydrogens is 260 g/mol. The molecule has 2 aliphatic rings. The first-order valence-electron chi connectivity index (χ1n) is 7.50. The number of rotatable bonds is 3. The average molecular weight is 288 g/mol. The molecule has 0 bridgehead atoms. The molecule has 0 spiro atoms. The van der Waals surface area contributed by atoms with Gasteiger partial charge in [0.15, 0.2) is 0 Å². The van der Waals surface area contributed by atoms with Gasteiger partial charge in [-0.1, -0.05) is 20.8 Å². The summed E-state index contributed by atoms with van der Waals surface area (Å²) < 4.78 is 26.5. The number of sulfonamides is 1. The molecule has 2 heterocycles. The molecule has 0 saturated carbocycles. The van der Waals surface area contributed by atoms with Gasteiger partial charge in [-0.15, -0.1) is 0 Å². The van der Waals surface area contributed by atoms with Gasteiger partial charge in [-0.05, 0) is 43.6 Å². The molecule has 0 aliphatic carbocycles. The lowest BCUT2D eigenvalue weighted by Crippen LogP contribution is -2.45. The summed E-state index contributed by atoms with van der Waals surface area (Å²) in [5.41, 5.74) is 0.295. The van der Waals surface area contributed by atoms with E-state index in [2.05, 4.69) is 26.1 Å². The summed E-state index contributed by atoms with van der Waals surface area (Å²) in [6.07, 6.45) is 4.10. The molecule has 0 aromatic rings. The Labute approximate surface area is 118 Å². The second-order valence-electron chi connectivity index (χ2n) is 7.11. The van der Waals surface area contributed by atoms with Crippen LogP contribution in [0.25, 0.3) is 0 Å². The minimum absolute atomic E-state index is 0.172. The fraction of sp³-hybridized carbons (Fsp3) is 1.00. The quantitative estimate of drug-likeness (QED) is 0.862. The summed E-state index contributed by atoms with van der Waals surface area (Å²) in [6, 6.07) is 0.172. The maximum absolute atomic E-state index is 12.4. The molecule has 2 rings (SSSR count). The Kier molecular flexibility index (Phi) is 4.58. The van der Waals surface area contributed by atoms with Crippen LogP contribution in [0.15, 0.2) is 0 Å². The molecule has 2 aliphatic heterocycles. The lowest BCUT2D eigenvalue weighted by Gasteiger charge is -2.38. The molecule has 0 radical (unpaired) electrons. The highest BCUT2D eigenvalue weighted by Gasteiger charge is 2.34. The van der Waals surface area contributed by atoms with Crippen LogP contribution in [0.5, 0.6) is 0 Å². The summed E-state index contributed by atoms with van der Waals surface area (Å²) in [6.45, 7) is 9.14. The van der Waals surface area contributed by atoms with Gasteiger partial charge in [-0.3, -0.25) is 0 Å². The van der Waals surface area contributed by atoms with Crippen LogP contribution in [0.4, 0.5) is 0 Å². The van der Waals surface area contributed by atoms with Gasteiger partial charge in [0, 0.05) is 19.1 Å². The number of nitrogens with zero attached hydrogens (tertiary/aromatic N) is 1. The molecule has 0 aromatic heterocycles. The van der Waals surface area contributed by atoms with Crippen LogP contribution < -0.4 is 5.32 Å². The maximum Gasteiger partial charge on any atom is 0.215 e. The molecule has 1 unspecified atom stereocenters. The summed E-state index contributed by atoms with van der Waals surface area (Å²) in [5.74, 6) is 0.927. The fourth-order valence-electron chi connectivity index (χ4n) is 3.26. The van der Waals surface area contributed by atoms with E-state index in [1.165, 1.54) is 0 Å². The lowest BCUT2D eigenvalue weighted by molar-refractivity contribution is 0.154. The highest BCUT2D eigenvalue weighted by Crippen LogP contribution is 2.35. The number of hydrogen-bond acceptors (Lipinski definition) is 3. The third kappa shape index (κ3) is 3.92. The van der Waals surface area contributed by atoms with E-state index in [0.717, 1.165) is 32.2 Å². The standard InChI is InChI=1S/C14H28N2O2S/c1-14(2,3)12-6-9-16(10-7-12)19(17,18)11-13-5-4-8-15-13/h12-13,15H,4-11H2,1-3H3. The average Bonchev–Trinajstić information content (AvgIpc) is 2.80. The number of piperidine rings is 1. The van der Waals surface area contributed by atoms with Gasteiger partial charge in [-0.2, -0.15) is 0 Å². The van der Waals surface area contributed by atoms with Gasteiger partial charge in [0.2, 0.25) is 10.0 Å². The van der Waals surface area contributed by atoms with Crippen LogP contribution in [0.2, 0.25) is 0 Å². The van der Waals surface area contributed by atoms with Crippen molar-refractivity contribution in [1.29, 1.82) is 0 Å². The van der Waals surface area contributed by atoms with Crippen LogP contribution in [0.1, 0.15) is 46.5 Å². The second-order valence-corrected chi connectivity index (χ2v) is 9.12. The van der Waals surface area contributed by atoms with Gasteiger partial charge < -0.3 is 5.32 Å². The first-order chi connectivity index (χ1) is 8.79. The number of nitrogens with one attached hydrogen (secondary N) is 1. The summed E-state index contributed by atoms with van der Waals surface area (Å²) >= 11 is 0. The monoisotopic (exact) mass is 288 g/mol. The lowest BCUT2D eigenvalue weighted by atomic mass is 9.76. The van der Waals surface area contributed by atoms with Crippen LogP contribution in [0.3, 0.4) is 0 Å². The van der Waals surface area contributed by atoms with E-state index in [9.17, 15) is 8.42 Å². The van der Waals surface area contributed by atoms with Crippen LogP contribution in [0, 0.1) is 11.3 Å². The van der Waals surface area contributed by atoms with Crippen molar-refractivity contribution in [2.24, 2.45) is 11.3 Å². The Balaban J connectivity index is 1.89. The van der Waals surface area contributed by atoms with Crippen LogP contribution in [-0.4, -0.2) is 44.2 Å². The van der Waals surface area contributed by atoms with E-state index in [4.69, 9.17) is 0 Å². The van der Waals surface area contributed by atoms with E-state index in [1.807, 2.05) is 0 Å². The Morgan fingerprint density at radius 1 is 1.16 bits per heavy atom. The highest BCUT2D eigenvalue weighted by atomic mass is 32.2. The summed E-state index contributed by atoms with van der Waals surface area (Å²) in [7, 11) is -3.06. The Morgan fingerprint density at radius 3 is 2.26 bits per heavy atom. The van der Waals surface area contributed by atoms with Gasteiger partial charge in [0.05, 0.1) is 5.75 Å². The van der Waals surface area contributed by atoms with E-state index in [-0.39, 0.29) is 11.8 Å². The number of hydrogen-bond donors (Lipinski definition) is 1. The molecule has 2 saturated heterocycles. The molecule has 19 heavy (non-hydrogen) atoms. The molecular formula is C14H28N2O2S. The third-order valence-electron chi connectivity index (χ3n) is 4.65. The minimum Gasteiger partial charge on any atom is -0.313 e. The Bertz CT molecular complexity index is 386. The Hall–Kier alpha value is -0.130. The van der Waals surface area contributed by atoms with Crippen molar-refractivity contribution in [2.45, 2.75) is 52.5 Å². The van der Waals surface area contributed by atoms with Crippen molar-refractivity contribution in [3.8, 4) is 0 Å². The topological polar surface area (TPSA) is 49.4 Å². The molecule has 0 aromatic carbocycles. The minimum atomic E-state index is -3.06. The van der Waals surface area contributed by atoms with Crippen molar-refractivity contribution >= 4 is 10.0 Å². The first kappa shape index (κ1) is 15.3. The predicted molar refractivity (Wildman–Crippen MR) is 78.6 cm³/mol. The summed E-state index contributed by atoms with van der Waals surface area (Å²) in [5, 5.41) is 3.28. The van der Waals surface area contributed by atoms with E-state index >= 15 is 0 Å². The van der Waals surface area contributed by atoms with Gasteiger partial charge >= 0.3 is 0 Å². The first-order valence-corrected chi connectivity index (χ1v) is 9.11.